The molecule has 0 aromatic rings. The average Bonchev–Trinajstić information content (AvgIpc) is 1.83. The van der Waals surface area contributed by atoms with Gasteiger partial charge in [-0.3, -0.25) is 0 Å². The van der Waals surface area contributed by atoms with Crippen molar-refractivity contribution < 1.29 is 9.47 Å². The van der Waals surface area contributed by atoms with Crippen LogP contribution in [0.2, 0.25) is 0 Å². The summed E-state index contributed by atoms with van der Waals surface area (Å²) in [5.41, 5.74) is 0. The number of hydrogen-bond donors (Lipinski definition) is 0. The Labute approximate surface area is 49.1 Å². The van der Waals surface area contributed by atoms with E-state index in [1.54, 1.807) is 0 Å². The molecule has 0 aliphatic rings. The first-order valence-electron chi connectivity index (χ1n) is 2.09. The molecule has 0 radical (unpaired) electrons. The van der Waals surface area contributed by atoms with Gasteiger partial charge in [-0.2, -0.15) is 0 Å². The molecule has 2 nitrogen and oxygen atoms in total. The second-order valence-corrected chi connectivity index (χ2v) is 1.04. The molecule has 0 saturated carbocycles. The van der Waals surface area contributed by atoms with E-state index in [9.17, 15) is 0 Å². The molecule has 2 heteroatoms. The molecule has 0 bridgehead atoms. The molecule has 0 aromatic carbocycles. The molecular weight excluding hydrogens is 104 g/mol. The standard InChI is InChI=1S/C6H8O2/c1-4-5-6(7-2)8-3/h1,5H,2-3H3. The molecule has 0 unspecified atom stereocenters. The molecule has 0 aliphatic heterocycles. The maximum Gasteiger partial charge on any atom is 0.287 e. The predicted molar refractivity (Wildman–Crippen MR) is 30.9 cm³/mol. The minimum Gasteiger partial charge on any atom is -0.468 e. The number of rotatable bonds is 2. The third-order valence-electron chi connectivity index (χ3n) is 0.604. The predicted octanol–water partition coefficient (Wildman–Crippen LogP) is 0.754. The number of terminal acetylenes is 1. The Balaban J connectivity index is 3.72. The summed E-state index contributed by atoms with van der Waals surface area (Å²) in [6.07, 6.45) is 6.30. The summed E-state index contributed by atoms with van der Waals surface area (Å²) < 4.78 is 9.27. The zero-order valence-electron chi connectivity index (χ0n) is 4.97. The highest BCUT2D eigenvalue weighted by Gasteiger charge is 1.85. The van der Waals surface area contributed by atoms with Crippen molar-refractivity contribution in [1.29, 1.82) is 0 Å². The van der Waals surface area contributed by atoms with Crippen molar-refractivity contribution in [1.82, 2.24) is 0 Å². The van der Waals surface area contributed by atoms with Gasteiger partial charge in [-0.1, -0.05) is 5.92 Å². The summed E-state index contributed by atoms with van der Waals surface area (Å²) in [7, 11) is 2.99. The first-order chi connectivity index (χ1) is 3.85. The zero-order valence-corrected chi connectivity index (χ0v) is 4.97. The van der Waals surface area contributed by atoms with Crippen LogP contribution in [0.3, 0.4) is 0 Å². The lowest BCUT2D eigenvalue weighted by Gasteiger charge is -1.99. The smallest absolute Gasteiger partial charge is 0.287 e. The van der Waals surface area contributed by atoms with Crippen LogP contribution in [0.4, 0.5) is 0 Å². The Morgan fingerprint density at radius 3 is 2.12 bits per heavy atom. The van der Waals surface area contributed by atoms with Crippen LogP contribution in [0.25, 0.3) is 0 Å². The van der Waals surface area contributed by atoms with Crippen LogP contribution in [-0.4, -0.2) is 14.2 Å². The molecular formula is C6H8O2. The quantitative estimate of drug-likeness (QED) is 0.387. The Morgan fingerprint density at radius 2 is 2.00 bits per heavy atom. The van der Waals surface area contributed by atoms with Crippen LogP contribution < -0.4 is 0 Å². The second kappa shape index (κ2) is 4.07. The zero-order chi connectivity index (χ0) is 6.41. The fourth-order valence-corrected chi connectivity index (χ4v) is 0.269. The van der Waals surface area contributed by atoms with Gasteiger partial charge in [0, 0.05) is 0 Å². The summed E-state index contributed by atoms with van der Waals surface area (Å²) in [6.45, 7) is 0. The summed E-state index contributed by atoms with van der Waals surface area (Å²) in [5.74, 6) is 2.61. The molecule has 0 rings (SSSR count). The third-order valence-corrected chi connectivity index (χ3v) is 0.604. The summed E-state index contributed by atoms with van der Waals surface area (Å²) in [6, 6.07) is 0. The van der Waals surface area contributed by atoms with E-state index in [2.05, 4.69) is 15.4 Å². The van der Waals surface area contributed by atoms with Gasteiger partial charge < -0.3 is 9.47 Å². The molecule has 0 aliphatic carbocycles. The Hall–Kier alpha value is -1.10. The molecule has 0 aromatic heterocycles. The van der Waals surface area contributed by atoms with Crippen LogP contribution >= 0.6 is 0 Å². The molecule has 8 heavy (non-hydrogen) atoms. The van der Waals surface area contributed by atoms with Gasteiger partial charge in [-0.25, -0.2) is 0 Å². The molecule has 44 valence electrons. The van der Waals surface area contributed by atoms with Gasteiger partial charge in [0.15, 0.2) is 0 Å². The van der Waals surface area contributed by atoms with Crippen LogP contribution in [0.1, 0.15) is 0 Å². The Bertz CT molecular complexity index is 113. The topological polar surface area (TPSA) is 18.5 Å². The van der Waals surface area contributed by atoms with E-state index in [0.717, 1.165) is 0 Å². The van der Waals surface area contributed by atoms with Crippen molar-refractivity contribution in [2.75, 3.05) is 14.2 Å². The molecule has 0 spiro atoms. The maximum absolute atomic E-state index is 4.89. The van der Waals surface area contributed by atoms with Crippen molar-refractivity contribution in [2.24, 2.45) is 0 Å². The van der Waals surface area contributed by atoms with E-state index in [0.29, 0.717) is 5.95 Å². The fourth-order valence-electron chi connectivity index (χ4n) is 0.269. The van der Waals surface area contributed by atoms with E-state index in [1.807, 2.05) is 0 Å². The Kier molecular flexibility index (Phi) is 3.51. The second-order valence-electron chi connectivity index (χ2n) is 1.04. The van der Waals surface area contributed by atoms with Gasteiger partial charge in [0.25, 0.3) is 5.95 Å². The van der Waals surface area contributed by atoms with Gasteiger partial charge in [0.05, 0.1) is 20.3 Å². The lowest BCUT2D eigenvalue weighted by molar-refractivity contribution is 0.0958. The van der Waals surface area contributed by atoms with Crippen molar-refractivity contribution >= 4 is 0 Å². The van der Waals surface area contributed by atoms with E-state index < -0.39 is 0 Å². The lowest BCUT2D eigenvalue weighted by Crippen LogP contribution is -1.87. The highest BCUT2D eigenvalue weighted by molar-refractivity contribution is 5.09. The maximum atomic E-state index is 4.89. The molecule has 0 atom stereocenters. The van der Waals surface area contributed by atoms with Gasteiger partial charge in [0.1, 0.15) is 0 Å². The number of hydrogen-bond acceptors (Lipinski definition) is 2. The minimum absolute atomic E-state index is 0.354. The molecule has 0 fully saturated rings. The normalized spacial score (nSPS) is 6.62. The number of allylic oxidation sites excluding steroid dienone is 1. The number of ether oxygens (including phenoxy) is 2. The molecule has 0 N–H and O–H groups in total. The largest absolute Gasteiger partial charge is 0.468 e. The van der Waals surface area contributed by atoms with Crippen molar-refractivity contribution in [3.05, 3.63) is 12.0 Å². The molecule has 0 saturated heterocycles. The monoisotopic (exact) mass is 112 g/mol. The minimum atomic E-state index is 0.354. The van der Waals surface area contributed by atoms with Crippen LogP contribution in [0, 0.1) is 12.3 Å². The van der Waals surface area contributed by atoms with E-state index >= 15 is 0 Å². The fraction of sp³-hybridized carbons (Fsp3) is 0.333. The highest BCUT2D eigenvalue weighted by atomic mass is 16.7. The summed E-state index contributed by atoms with van der Waals surface area (Å²) in [4.78, 5) is 0. The average molecular weight is 112 g/mol. The van der Waals surface area contributed by atoms with Crippen LogP contribution in [0.15, 0.2) is 12.0 Å². The van der Waals surface area contributed by atoms with Crippen LogP contribution in [0.5, 0.6) is 0 Å². The summed E-state index contributed by atoms with van der Waals surface area (Å²) >= 11 is 0. The summed E-state index contributed by atoms with van der Waals surface area (Å²) in [5, 5.41) is 0. The molecule has 0 amide bonds. The lowest BCUT2D eigenvalue weighted by atomic mass is 10.6. The van der Waals surface area contributed by atoms with E-state index in [4.69, 9.17) is 6.42 Å². The molecule has 0 heterocycles. The highest BCUT2D eigenvalue weighted by Crippen LogP contribution is 1.91. The van der Waals surface area contributed by atoms with Gasteiger partial charge >= 0.3 is 0 Å². The third kappa shape index (κ3) is 2.14. The van der Waals surface area contributed by atoms with Crippen molar-refractivity contribution in [3.8, 4) is 12.3 Å². The first kappa shape index (κ1) is 6.90. The van der Waals surface area contributed by atoms with Crippen LogP contribution in [-0.2, 0) is 9.47 Å². The Morgan fingerprint density at radius 1 is 1.50 bits per heavy atom. The van der Waals surface area contributed by atoms with Gasteiger partial charge in [-0.15, -0.1) is 6.42 Å². The van der Waals surface area contributed by atoms with Crippen molar-refractivity contribution in [2.45, 2.75) is 0 Å². The number of methoxy groups -OCH3 is 2. The van der Waals surface area contributed by atoms with Gasteiger partial charge in [-0.05, 0) is 0 Å². The van der Waals surface area contributed by atoms with E-state index in [-0.39, 0.29) is 0 Å². The van der Waals surface area contributed by atoms with Crippen molar-refractivity contribution in [3.63, 3.8) is 0 Å². The van der Waals surface area contributed by atoms with E-state index in [1.165, 1.54) is 20.3 Å². The SMILES string of the molecule is C#CC=C(OC)OC. The van der Waals surface area contributed by atoms with Gasteiger partial charge in [0.2, 0.25) is 0 Å². The first-order valence-corrected chi connectivity index (χ1v) is 2.09.